The lowest BCUT2D eigenvalue weighted by atomic mass is 10.2. The molecule has 0 bridgehead atoms. The molecular formula is C15H16N4O2. The van der Waals surface area contributed by atoms with E-state index in [0.717, 1.165) is 22.6 Å². The van der Waals surface area contributed by atoms with Crippen LogP contribution in [0, 0.1) is 13.8 Å². The van der Waals surface area contributed by atoms with Crippen molar-refractivity contribution in [1.82, 2.24) is 19.3 Å². The molecule has 6 nitrogen and oxygen atoms in total. The first-order chi connectivity index (χ1) is 9.99. The van der Waals surface area contributed by atoms with Gasteiger partial charge in [-0.25, -0.2) is 9.78 Å². The summed E-state index contributed by atoms with van der Waals surface area (Å²) in [6.45, 7) is 4.53. The van der Waals surface area contributed by atoms with Gasteiger partial charge in [-0.15, -0.1) is 0 Å². The fourth-order valence-corrected chi connectivity index (χ4v) is 2.51. The van der Waals surface area contributed by atoms with Gasteiger partial charge in [-0.05, 0) is 26.0 Å². The van der Waals surface area contributed by atoms with Crippen molar-refractivity contribution in [2.45, 2.75) is 20.4 Å². The molecule has 0 fully saturated rings. The minimum absolute atomic E-state index is 0.234. The molecule has 2 aromatic heterocycles. The predicted molar refractivity (Wildman–Crippen MR) is 78.5 cm³/mol. The van der Waals surface area contributed by atoms with Crippen molar-refractivity contribution in [2.24, 2.45) is 7.05 Å². The summed E-state index contributed by atoms with van der Waals surface area (Å²) in [7, 11) is 1.90. The lowest BCUT2D eigenvalue weighted by molar-refractivity contribution is 0.0699. The van der Waals surface area contributed by atoms with E-state index in [1.807, 2.05) is 42.4 Å². The maximum Gasteiger partial charge on any atom is 0.337 e. The molecule has 0 spiro atoms. The molecule has 2 heterocycles. The van der Waals surface area contributed by atoms with Gasteiger partial charge in [0.2, 0.25) is 0 Å². The Hall–Kier alpha value is -2.63. The minimum atomic E-state index is -0.956. The molecule has 0 aliphatic carbocycles. The molecule has 1 N–H and O–H groups in total. The number of hydrogen-bond donors (Lipinski definition) is 1. The van der Waals surface area contributed by atoms with Gasteiger partial charge < -0.3 is 9.67 Å². The van der Waals surface area contributed by atoms with Crippen molar-refractivity contribution in [3.05, 3.63) is 47.0 Å². The van der Waals surface area contributed by atoms with E-state index in [-0.39, 0.29) is 5.56 Å². The zero-order chi connectivity index (χ0) is 15.1. The summed E-state index contributed by atoms with van der Waals surface area (Å²) in [5.41, 5.74) is 3.78. The second-order valence-electron chi connectivity index (χ2n) is 5.10. The first kappa shape index (κ1) is 13.4. The number of aromatic nitrogens is 4. The largest absolute Gasteiger partial charge is 0.478 e. The van der Waals surface area contributed by atoms with Crippen LogP contribution in [-0.4, -0.2) is 30.4 Å². The van der Waals surface area contributed by atoms with E-state index in [1.165, 1.54) is 0 Å². The first-order valence-electron chi connectivity index (χ1n) is 6.65. The maximum absolute atomic E-state index is 11.3. The van der Waals surface area contributed by atoms with E-state index >= 15 is 0 Å². The van der Waals surface area contributed by atoms with Crippen LogP contribution in [0.4, 0.5) is 0 Å². The van der Waals surface area contributed by atoms with Gasteiger partial charge in [0, 0.05) is 18.3 Å². The molecule has 3 aromatic rings. The quantitative estimate of drug-likeness (QED) is 0.799. The Labute approximate surface area is 121 Å². The van der Waals surface area contributed by atoms with Crippen LogP contribution in [0.5, 0.6) is 0 Å². The van der Waals surface area contributed by atoms with Gasteiger partial charge in [-0.1, -0.05) is 6.07 Å². The molecule has 0 saturated heterocycles. The van der Waals surface area contributed by atoms with Crippen LogP contribution in [0.25, 0.3) is 11.0 Å². The van der Waals surface area contributed by atoms with Crippen LogP contribution in [0.1, 0.15) is 27.4 Å². The number of imidazole rings is 1. The van der Waals surface area contributed by atoms with E-state index in [2.05, 4.69) is 10.1 Å². The highest BCUT2D eigenvalue weighted by Crippen LogP contribution is 2.22. The van der Waals surface area contributed by atoms with E-state index in [0.29, 0.717) is 12.1 Å². The van der Waals surface area contributed by atoms with Crippen molar-refractivity contribution in [2.75, 3.05) is 0 Å². The fourth-order valence-electron chi connectivity index (χ4n) is 2.51. The van der Waals surface area contributed by atoms with Crippen molar-refractivity contribution in [1.29, 1.82) is 0 Å². The molecule has 0 atom stereocenters. The number of carbonyl (C=O) groups is 1. The van der Waals surface area contributed by atoms with Crippen molar-refractivity contribution >= 4 is 17.0 Å². The van der Waals surface area contributed by atoms with Crippen LogP contribution < -0.4 is 0 Å². The molecule has 0 aliphatic heterocycles. The number of benzene rings is 1. The number of carboxylic acids is 1. The number of rotatable bonds is 3. The molecular weight excluding hydrogens is 268 g/mol. The van der Waals surface area contributed by atoms with Gasteiger partial charge in [-0.3, -0.25) is 4.68 Å². The van der Waals surface area contributed by atoms with Crippen LogP contribution in [-0.2, 0) is 13.6 Å². The SMILES string of the molecule is Cc1c(Cn2c(C)nc3c(C(=O)O)cccc32)cnn1C. The van der Waals surface area contributed by atoms with Crippen LogP contribution in [0.2, 0.25) is 0 Å². The predicted octanol–water partition coefficient (Wildman–Crippen LogP) is 2.13. The number of nitrogens with zero attached hydrogens (tertiary/aromatic N) is 4. The average Bonchev–Trinajstić information content (AvgIpc) is 2.93. The van der Waals surface area contributed by atoms with E-state index < -0.39 is 5.97 Å². The van der Waals surface area contributed by atoms with Gasteiger partial charge in [0.25, 0.3) is 0 Å². The Bertz CT molecular complexity index is 845. The molecule has 0 unspecified atom stereocenters. The Kier molecular flexibility index (Phi) is 3.01. The van der Waals surface area contributed by atoms with E-state index in [9.17, 15) is 9.90 Å². The van der Waals surface area contributed by atoms with Gasteiger partial charge in [0.15, 0.2) is 0 Å². The second-order valence-corrected chi connectivity index (χ2v) is 5.10. The van der Waals surface area contributed by atoms with Crippen LogP contribution >= 0.6 is 0 Å². The molecule has 0 saturated carbocycles. The van der Waals surface area contributed by atoms with Gasteiger partial charge >= 0.3 is 5.97 Å². The Morgan fingerprint density at radius 3 is 2.71 bits per heavy atom. The molecule has 0 amide bonds. The molecule has 3 rings (SSSR count). The minimum Gasteiger partial charge on any atom is -0.478 e. The maximum atomic E-state index is 11.3. The summed E-state index contributed by atoms with van der Waals surface area (Å²) >= 11 is 0. The third-order valence-electron chi connectivity index (χ3n) is 3.87. The third kappa shape index (κ3) is 2.08. The summed E-state index contributed by atoms with van der Waals surface area (Å²) in [6.07, 6.45) is 1.83. The number of para-hydroxylation sites is 1. The first-order valence-corrected chi connectivity index (χ1v) is 6.65. The summed E-state index contributed by atoms with van der Waals surface area (Å²) < 4.78 is 3.85. The monoisotopic (exact) mass is 284 g/mol. The fraction of sp³-hybridized carbons (Fsp3) is 0.267. The van der Waals surface area contributed by atoms with Gasteiger partial charge in [0.05, 0.1) is 23.8 Å². The zero-order valence-corrected chi connectivity index (χ0v) is 12.2. The van der Waals surface area contributed by atoms with Crippen molar-refractivity contribution < 1.29 is 9.90 Å². The summed E-state index contributed by atoms with van der Waals surface area (Å²) in [4.78, 5) is 15.7. The third-order valence-corrected chi connectivity index (χ3v) is 3.87. The Balaban J connectivity index is 2.15. The summed E-state index contributed by atoms with van der Waals surface area (Å²) in [5, 5.41) is 13.5. The molecule has 21 heavy (non-hydrogen) atoms. The lowest BCUT2D eigenvalue weighted by Gasteiger charge is -2.07. The van der Waals surface area contributed by atoms with Crippen molar-refractivity contribution in [3.63, 3.8) is 0 Å². The number of fused-ring (bicyclic) bond motifs is 1. The topological polar surface area (TPSA) is 72.9 Å². The molecule has 108 valence electrons. The van der Waals surface area contributed by atoms with Gasteiger partial charge in [-0.2, -0.15) is 5.10 Å². The number of aryl methyl sites for hydroxylation is 2. The highest BCUT2D eigenvalue weighted by Gasteiger charge is 2.16. The molecule has 0 aliphatic rings. The Morgan fingerprint density at radius 2 is 2.10 bits per heavy atom. The molecule has 0 radical (unpaired) electrons. The van der Waals surface area contributed by atoms with E-state index in [4.69, 9.17) is 0 Å². The van der Waals surface area contributed by atoms with Crippen LogP contribution in [0.3, 0.4) is 0 Å². The zero-order valence-electron chi connectivity index (χ0n) is 12.2. The molecule has 1 aromatic carbocycles. The normalized spacial score (nSPS) is 11.2. The highest BCUT2D eigenvalue weighted by atomic mass is 16.4. The highest BCUT2D eigenvalue weighted by molar-refractivity contribution is 6.01. The Morgan fingerprint density at radius 1 is 1.33 bits per heavy atom. The summed E-state index contributed by atoms with van der Waals surface area (Å²) in [5.74, 6) is -0.162. The standard InChI is InChI=1S/C15H16N4O2/c1-9-11(7-16-18(9)3)8-19-10(2)17-14-12(15(20)21)5-4-6-13(14)19/h4-7H,8H2,1-3H3,(H,20,21). The van der Waals surface area contributed by atoms with Crippen LogP contribution in [0.15, 0.2) is 24.4 Å². The second kappa shape index (κ2) is 4.73. The smallest absolute Gasteiger partial charge is 0.337 e. The lowest BCUT2D eigenvalue weighted by Crippen LogP contribution is -2.04. The number of aromatic carboxylic acids is 1. The summed E-state index contributed by atoms with van der Waals surface area (Å²) in [6, 6.07) is 5.23. The molecule has 6 heteroatoms. The van der Waals surface area contributed by atoms with Gasteiger partial charge in [0.1, 0.15) is 11.3 Å². The van der Waals surface area contributed by atoms with Crippen molar-refractivity contribution in [3.8, 4) is 0 Å². The number of carboxylic acid groups (broad SMARTS) is 1. The average molecular weight is 284 g/mol. The number of hydrogen-bond acceptors (Lipinski definition) is 3. The van der Waals surface area contributed by atoms with E-state index in [1.54, 1.807) is 12.1 Å².